The molecule has 0 aliphatic carbocycles. The highest BCUT2D eigenvalue weighted by Crippen LogP contribution is 2.33. The second-order valence-corrected chi connectivity index (χ2v) is 9.39. The number of nitrogens with zero attached hydrogens (tertiary/aromatic N) is 3. The molecule has 3 aliphatic heterocycles. The molecule has 0 unspecified atom stereocenters. The number of ether oxygens (including phenoxy) is 2. The maximum atomic E-state index is 13.1. The van der Waals surface area contributed by atoms with Gasteiger partial charge in [-0.25, -0.2) is 4.39 Å². The van der Waals surface area contributed by atoms with E-state index in [-0.39, 0.29) is 36.9 Å². The SMILES string of the molecule is O=C(CN1CCC(C(=O)N2CCN(Cc3ccc4c(c3)OCO4)CC2)CC1)Nc1ccc(F)cc1. The van der Waals surface area contributed by atoms with Gasteiger partial charge in [0.2, 0.25) is 18.6 Å². The third-order valence-corrected chi connectivity index (χ3v) is 6.96. The average molecular weight is 483 g/mol. The number of piperazine rings is 1. The Kier molecular flexibility index (Phi) is 7.15. The smallest absolute Gasteiger partial charge is 0.238 e. The van der Waals surface area contributed by atoms with Crippen LogP contribution in [-0.4, -0.2) is 79.1 Å². The van der Waals surface area contributed by atoms with Gasteiger partial charge >= 0.3 is 0 Å². The zero-order chi connectivity index (χ0) is 24.2. The number of likely N-dealkylation sites (tertiary alicyclic amines) is 1. The molecule has 186 valence electrons. The van der Waals surface area contributed by atoms with Gasteiger partial charge in [-0.1, -0.05) is 6.07 Å². The first-order valence-electron chi connectivity index (χ1n) is 12.2. The van der Waals surface area contributed by atoms with Crippen molar-refractivity contribution in [2.45, 2.75) is 19.4 Å². The van der Waals surface area contributed by atoms with Gasteiger partial charge < -0.3 is 19.7 Å². The Hall–Kier alpha value is -3.17. The van der Waals surface area contributed by atoms with E-state index in [1.807, 2.05) is 17.0 Å². The monoisotopic (exact) mass is 482 g/mol. The second-order valence-electron chi connectivity index (χ2n) is 9.39. The van der Waals surface area contributed by atoms with E-state index in [9.17, 15) is 14.0 Å². The summed E-state index contributed by atoms with van der Waals surface area (Å²) >= 11 is 0. The summed E-state index contributed by atoms with van der Waals surface area (Å²) < 4.78 is 23.9. The number of anilines is 1. The van der Waals surface area contributed by atoms with E-state index >= 15 is 0 Å². The zero-order valence-electron chi connectivity index (χ0n) is 19.7. The van der Waals surface area contributed by atoms with Crippen LogP contribution in [0.1, 0.15) is 18.4 Å². The largest absolute Gasteiger partial charge is 0.454 e. The van der Waals surface area contributed by atoms with Crippen molar-refractivity contribution in [2.24, 2.45) is 5.92 Å². The van der Waals surface area contributed by atoms with Crippen molar-refractivity contribution in [2.75, 3.05) is 57.9 Å². The molecular weight excluding hydrogens is 451 g/mol. The quantitative estimate of drug-likeness (QED) is 0.682. The van der Waals surface area contributed by atoms with E-state index in [0.29, 0.717) is 5.69 Å². The molecule has 0 radical (unpaired) electrons. The van der Waals surface area contributed by atoms with Crippen molar-refractivity contribution in [3.63, 3.8) is 0 Å². The van der Waals surface area contributed by atoms with Gasteiger partial charge in [-0.2, -0.15) is 0 Å². The topological polar surface area (TPSA) is 74.4 Å². The fourth-order valence-electron chi connectivity index (χ4n) is 4.96. The highest BCUT2D eigenvalue weighted by atomic mass is 19.1. The van der Waals surface area contributed by atoms with E-state index in [1.54, 1.807) is 12.1 Å². The van der Waals surface area contributed by atoms with Gasteiger partial charge in [0.1, 0.15) is 5.82 Å². The standard InChI is InChI=1S/C26H31FN4O4/c27-21-2-4-22(5-3-21)28-25(32)17-29-9-7-20(8-10-29)26(33)31-13-11-30(12-14-31)16-19-1-6-23-24(15-19)35-18-34-23/h1-6,15,20H,7-14,16-18H2,(H,28,32). The number of carbonyl (C=O) groups is 2. The Labute approximate surface area is 204 Å². The minimum Gasteiger partial charge on any atom is -0.454 e. The van der Waals surface area contributed by atoms with Crippen LogP contribution in [0.15, 0.2) is 42.5 Å². The number of piperidine rings is 1. The van der Waals surface area contributed by atoms with Crippen LogP contribution in [0.3, 0.4) is 0 Å². The Morgan fingerprint density at radius 1 is 0.886 bits per heavy atom. The summed E-state index contributed by atoms with van der Waals surface area (Å²) in [6, 6.07) is 11.8. The van der Waals surface area contributed by atoms with Gasteiger partial charge in [0.05, 0.1) is 6.54 Å². The van der Waals surface area contributed by atoms with Gasteiger partial charge in [-0.3, -0.25) is 19.4 Å². The molecule has 0 saturated carbocycles. The maximum Gasteiger partial charge on any atom is 0.238 e. The van der Waals surface area contributed by atoms with E-state index < -0.39 is 0 Å². The highest BCUT2D eigenvalue weighted by molar-refractivity contribution is 5.92. The Bertz CT molecular complexity index is 1050. The fraction of sp³-hybridized carbons (Fsp3) is 0.462. The van der Waals surface area contributed by atoms with Gasteiger partial charge in [0.15, 0.2) is 11.5 Å². The lowest BCUT2D eigenvalue weighted by atomic mass is 9.95. The van der Waals surface area contributed by atoms with Crippen molar-refractivity contribution in [3.05, 3.63) is 53.8 Å². The van der Waals surface area contributed by atoms with Crippen molar-refractivity contribution in [3.8, 4) is 11.5 Å². The number of halogens is 1. The van der Waals surface area contributed by atoms with Crippen molar-refractivity contribution in [1.82, 2.24) is 14.7 Å². The van der Waals surface area contributed by atoms with E-state index in [1.165, 1.54) is 17.7 Å². The van der Waals surface area contributed by atoms with Gasteiger partial charge in [-0.05, 0) is 67.9 Å². The number of nitrogens with one attached hydrogen (secondary N) is 1. The minimum atomic E-state index is -0.333. The summed E-state index contributed by atoms with van der Waals surface area (Å²) in [6.07, 6.45) is 1.53. The van der Waals surface area contributed by atoms with Gasteiger partial charge in [0.25, 0.3) is 0 Å². The van der Waals surface area contributed by atoms with Crippen LogP contribution in [0.25, 0.3) is 0 Å². The molecule has 0 aromatic heterocycles. The van der Waals surface area contributed by atoms with Gasteiger partial charge in [-0.15, -0.1) is 0 Å². The maximum absolute atomic E-state index is 13.1. The normalized spacial score (nSPS) is 19.1. The van der Waals surface area contributed by atoms with Crippen LogP contribution >= 0.6 is 0 Å². The number of benzene rings is 2. The summed E-state index contributed by atoms with van der Waals surface area (Å²) in [5, 5.41) is 2.80. The predicted octanol–water partition coefficient (Wildman–Crippen LogP) is 2.55. The van der Waals surface area contributed by atoms with E-state index in [0.717, 1.165) is 70.2 Å². The molecule has 5 rings (SSSR count). The molecule has 2 amide bonds. The Balaban J connectivity index is 1.03. The fourth-order valence-corrected chi connectivity index (χ4v) is 4.96. The molecule has 35 heavy (non-hydrogen) atoms. The summed E-state index contributed by atoms with van der Waals surface area (Å²) in [6.45, 7) is 6.00. The summed E-state index contributed by atoms with van der Waals surface area (Å²) in [5.74, 6) is 1.40. The average Bonchev–Trinajstić information content (AvgIpc) is 3.34. The molecule has 0 bridgehead atoms. The van der Waals surface area contributed by atoms with Crippen LogP contribution in [0.5, 0.6) is 11.5 Å². The van der Waals surface area contributed by atoms with E-state index in [2.05, 4.69) is 21.2 Å². The molecule has 8 nitrogen and oxygen atoms in total. The number of hydrogen-bond acceptors (Lipinski definition) is 6. The molecule has 2 aromatic rings. The molecule has 3 aliphatic rings. The van der Waals surface area contributed by atoms with Crippen molar-refractivity contribution >= 4 is 17.5 Å². The van der Waals surface area contributed by atoms with Crippen LogP contribution in [0, 0.1) is 11.7 Å². The van der Waals surface area contributed by atoms with Crippen LogP contribution < -0.4 is 14.8 Å². The third-order valence-electron chi connectivity index (χ3n) is 6.96. The molecule has 2 aromatic carbocycles. The number of amides is 2. The first kappa shape index (κ1) is 23.6. The molecule has 3 heterocycles. The molecule has 0 atom stereocenters. The van der Waals surface area contributed by atoms with Gasteiger partial charge in [0, 0.05) is 44.3 Å². The molecule has 9 heteroatoms. The van der Waals surface area contributed by atoms with Crippen molar-refractivity contribution < 1.29 is 23.5 Å². The first-order valence-corrected chi connectivity index (χ1v) is 12.2. The lowest BCUT2D eigenvalue weighted by Crippen LogP contribution is -2.51. The number of fused-ring (bicyclic) bond motifs is 1. The minimum absolute atomic E-state index is 0.0202. The lowest BCUT2D eigenvalue weighted by Gasteiger charge is -2.38. The predicted molar refractivity (Wildman–Crippen MR) is 129 cm³/mol. The third kappa shape index (κ3) is 5.91. The highest BCUT2D eigenvalue weighted by Gasteiger charge is 2.31. The zero-order valence-corrected chi connectivity index (χ0v) is 19.7. The number of hydrogen-bond donors (Lipinski definition) is 1. The molecule has 2 saturated heterocycles. The summed E-state index contributed by atoms with van der Waals surface area (Å²) in [4.78, 5) is 31.8. The number of rotatable bonds is 6. The molecular formula is C26H31FN4O4. The number of carbonyl (C=O) groups excluding carboxylic acids is 2. The Morgan fingerprint density at radius 3 is 2.34 bits per heavy atom. The van der Waals surface area contributed by atoms with Crippen LogP contribution in [0.2, 0.25) is 0 Å². The van der Waals surface area contributed by atoms with Crippen LogP contribution in [-0.2, 0) is 16.1 Å². The summed E-state index contributed by atoms with van der Waals surface area (Å²) in [5.41, 5.74) is 1.77. The first-order chi connectivity index (χ1) is 17.0. The Morgan fingerprint density at radius 2 is 1.60 bits per heavy atom. The lowest BCUT2D eigenvalue weighted by molar-refractivity contribution is -0.139. The van der Waals surface area contributed by atoms with E-state index in [4.69, 9.17) is 9.47 Å². The van der Waals surface area contributed by atoms with Crippen molar-refractivity contribution in [1.29, 1.82) is 0 Å². The molecule has 2 fully saturated rings. The van der Waals surface area contributed by atoms with Crippen LogP contribution in [0.4, 0.5) is 10.1 Å². The second kappa shape index (κ2) is 10.6. The summed E-state index contributed by atoms with van der Waals surface area (Å²) in [7, 11) is 0. The molecule has 0 spiro atoms. The molecule has 1 N–H and O–H groups in total.